The summed E-state index contributed by atoms with van der Waals surface area (Å²) in [5, 5.41) is 2.77. The zero-order chi connectivity index (χ0) is 20.1. The highest BCUT2D eigenvalue weighted by molar-refractivity contribution is 5.96. The monoisotopic (exact) mass is 389 g/mol. The van der Waals surface area contributed by atoms with Gasteiger partial charge in [0.25, 0.3) is 5.91 Å². The summed E-state index contributed by atoms with van der Waals surface area (Å²) >= 11 is 0. The van der Waals surface area contributed by atoms with Gasteiger partial charge < -0.3 is 24.6 Å². The summed E-state index contributed by atoms with van der Waals surface area (Å²) in [7, 11) is 3.67. The molecule has 1 atom stereocenters. The first-order valence-corrected chi connectivity index (χ1v) is 9.05. The number of amides is 1. The Balaban J connectivity index is 1.73. The molecule has 1 aromatic carbocycles. The quantitative estimate of drug-likeness (QED) is 0.809. The van der Waals surface area contributed by atoms with Gasteiger partial charge >= 0.3 is 0 Å². The average Bonchev–Trinajstić information content (AvgIpc) is 2.70. The minimum atomic E-state index is -0.897. The molecule has 1 fully saturated rings. The van der Waals surface area contributed by atoms with Crippen LogP contribution in [0.5, 0.6) is 5.75 Å². The Morgan fingerprint density at radius 1 is 1.32 bits per heavy atom. The predicted octanol–water partition coefficient (Wildman–Crippen LogP) is 1.92. The molecule has 0 aliphatic carbocycles. The molecule has 1 unspecified atom stereocenters. The van der Waals surface area contributed by atoms with Crippen molar-refractivity contribution >= 4 is 23.4 Å². The van der Waals surface area contributed by atoms with Crippen LogP contribution in [-0.4, -0.2) is 62.4 Å². The summed E-state index contributed by atoms with van der Waals surface area (Å²) in [6.45, 7) is 4.24. The van der Waals surface area contributed by atoms with Crippen molar-refractivity contribution in [2.45, 2.75) is 13.0 Å². The second kappa shape index (κ2) is 8.83. The van der Waals surface area contributed by atoms with E-state index in [0.717, 1.165) is 0 Å². The topological polar surface area (TPSA) is 79.8 Å². The van der Waals surface area contributed by atoms with Crippen molar-refractivity contribution in [1.29, 1.82) is 0 Å². The van der Waals surface area contributed by atoms with Crippen LogP contribution >= 0.6 is 0 Å². The highest BCUT2D eigenvalue weighted by Gasteiger charge is 2.21. The number of benzene rings is 1. The highest BCUT2D eigenvalue weighted by Crippen LogP contribution is 2.25. The molecule has 1 N–H and O–H groups in total. The zero-order valence-corrected chi connectivity index (χ0v) is 16.2. The van der Waals surface area contributed by atoms with E-state index in [0.29, 0.717) is 43.8 Å². The molecule has 0 saturated carbocycles. The third-order valence-electron chi connectivity index (χ3n) is 4.24. The zero-order valence-electron chi connectivity index (χ0n) is 16.2. The standard InChI is InChI=1S/C19H24FN5O3/c1-13(28-16-7-5-4-6-14(16)20)18(26)22-15-12-21-19(23-17(15)24(2)3)25-8-10-27-11-9-25/h4-7,12-13H,8-11H2,1-3H3,(H,22,26). The molecule has 150 valence electrons. The second-order valence-corrected chi connectivity index (χ2v) is 6.58. The fourth-order valence-corrected chi connectivity index (χ4v) is 2.73. The van der Waals surface area contributed by atoms with Gasteiger partial charge in [0.2, 0.25) is 5.95 Å². The van der Waals surface area contributed by atoms with Crippen LogP contribution in [0.2, 0.25) is 0 Å². The number of aromatic nitrogens is 2. The lowest BCUT2D eigenvalue weighted by Gasteiger charge is -2.28. The van der Waals surface area contributed by atoms with E-state index >= 15 is 0 Å². The molecule has 0 radical (unpaired) electrons. The summed E-state index contributed by atoms with van der Waals surface area (Å²) in [5.74, 6) is 0.240. The fourth-order valence-electron chi connectivity index (χ4n) is 2.73. The lowest BCUT2D eigenvalue weighted by atomic mass is 10.3. The molecular formula is C19H24FN5O3. The van der Waals surface area contributed by atoms with E-state index in [4.69, 9.17) is 9.47 Å². The van der Waals surface area contributed by atoms with Crippen LogP contribution in [0.3, 0.4) is 0 Å². The molecule has 28 heavy (non-hydrogen) atoms. The van der Waals surface area contributed by atoms with Gasteiger partial charge in [-0.2, -0.15) is 4.98 Å². The molecule has 9 heteroatoms. The largest absolute Gasteiger partial charge is 0.478 e. The molecule has 1 aliphatic rings. The predicted molar refractivity (Wildman–Crippen MR) is 105 cm³/mol. The van der Waals surface area contributed by atoms with Crippen molar-refractivity contribution in [2.75, 3.05) is 55.5 Å². The van der Waals surface area contributed by atoms with E-state index in [9.17, 15) is 9.18 Å². The fraction of sp³-hybridized carbons (Fsp3) is 0.421. The molecule has 1 amide bonds. The highest BCUT2D eigenvalue weighted by atomic mass is 19.1. The Morgan fingerprint density at radius 2 is 2.04 bits per heavy atom. The third-order valence-corrected chi connectivity index (χ3v) is 4.24. The molecule has 2 heterocycles. The van der Waals surface area contributed by atoms with E-state index in [1.165, 1.54) is 12.1 Å². The first kappa shape index (κ1) is 19.8. The molecule has 3 rings (SSSR count). The average molecular weight is 389 g/mol. The molecule has 0 spiro atoms. The van der Waals surface area contributed by atoms with Gasteiger partial charge in [-0.3, -0.25) is 4.79 Å². The molecule has 1 aliphatic heterocycles. The summed E-state index contributed by atoms with van der Waals surface area (Å²) in [6.07, 6.45) is 0.673. The summed E-state index contributed by atoms with van der Waals surface area (Å²) in [5.41, 5.74) is 0.455. The third kappa shape index (κ3) is 4.66. The number of anilines is 3. The number of halogens is 1. The van der Waals surface area contributed by atoms with E-state index in [1.54, 1.807) is 30.2 Å². The van der Waals surface area contributed by atoms with E-state index in [2.05, 4.69) is 15.3 Å². The van der Waals surface area contributed by atoms with Crippen molar-refractivity contribution in [2.24, 2.45) is 0 Å². The van der Waals surface area contributed by atoms with Gasteiger partial charge in [0.1, 0.15) is 5.69 Å². The number of carbonyl (C=O) groups is 1. The van der Waals surface area contributed by atoms with Gasteiger partial charge in [0.15, 0.2) is 23.5 Å². The van der Waals surface area contributed by atoms with Crippen LogP contribution < -0.4 is 19.9 Å². The molecule has 2 aromatic rings. The van der Waals surface area contributed by atoms with Gasteiger partial charge in [-0.1, -0.05) is 12.1 Å². The lowest BCUT2D eigenvalue weighted by molar-refractivity contribution is -0.122. The molecule has 1 saturated heterocycles. The second-order valence-electron chi connectivity index (χ2n) is 6.58. The van der Waals surface area contributed by atoms with Crippen LogP contribution in [0, 0.1) is 5.82 Å². The molecule has 8 nitrogen and oxygen atoms in total. The van der Waals surface area contributed by atoms with Crippen LogP contribution in [0.15, 0.2) is 30.5 Å². The Labute approximate surface area is 163 Å². The van der Waals surface area contributed by atoms with Crippen LogP contribution in [-0.2, 0) is 9.53 Å². The maximum absolute atomic E-state index is 13.7. The molecule has 1 aromatic heterocycles. The van der Waals surface area contributed by atoms with Gasteiger partial charge in [0, 0.05) is 27.2 Å². The van der Waals surface area contributed by atoms with Gasteiger partial charge in [-0.25, -0.2) is 9.37 Å². The minimum Gasteiger partial charge on any atom is -0.478 e. The first-order valence-electron chi connectivity index (χ1n) is 9.05. The van der Waals surface area contributed by atoms with Gasteiger partial charge in [-0.05, 0) is 19.1 Å². The number of ether oxygens (including phenoxy) is 2. The Hall–Kier alpha value is -2.94. The number of hydrogen-bond donors (Lipinski definition) is 1. The van der Waals surface area contributed by atoms with Crippen molar-refractivity contribution in [1.82, 2.24) is 9.97 Å². The van der Waals surface area contributed by atoms with E-state index in [1.807, 2.05) is 19.0 Å². The SMILES string of the molecule is CC(Oc1ccccc1F)C(=O)Nc1cnc(N2CCOCC2)nc1N(C)C. The normalized spacial score (nSPS) is 15.1. The number of nitrogens with zero attached hydrogens (tertiary/aromatic N) is 4. The van der Waals surface area contributed by atoms with Crippen molar-refractivity contribution < 1.29 is 18.7 Å². The van der Waals surface area contributed by atoms with Crippen molar-refractivity contribution in [3.63, 3.8) is 0 Å². The summed E-state index contributed by atoms with van der Waals surface area (Å²) in [6, 6.07) is 5.96. The van der Waals surface area contributed by atoms with E-state index < -0.39 is 17.8 Å². The molecule has 0 bridgehead atoms. The summed E-state index contributed by atoms with van der Waals surface area (Å²) in [4.78, 5) is 25.3. The van der Waals surface area contributed by atoms with Crippen molar-refractivity contribution in [3.05, 3.63) is 36.3 Å². The maximum Gasteiger partial charge on any atom is 0.265 e. The Bertz CT molecular complexity index is 827. The lowest BCUT2D eigenvalue weighted by Crippen LogP contribution is -2.37. The van der Waals surface area contributed by atoms with Crippen LogP contribution in [0.25, 0.3) is 0 Å². The number of hydrogen-bond acceptors (Lipinski definition) is 7. The minimum absolute atomic E-state index is 0.0249. The maximum atomic E-state index is 13.7. The first-order chi connectivity index (χ1) is 13.5. The number of morpholine rings is 1. The Morgan fingerprint density at radius 3 is 2.71 bits per heavy atom. The van der Waals surface area contributed by atoms with Gasteiger partial charge in [0.05, 0.1) is 19.4 Å². The van der Waals surface area contributed by atoms with Crippen LogP contribution in [0.1, 0.15) is 6.92 Å². The van der Waals surface area contributed by atoms with Crippen molar-refractivity contribution in [3.8, 4) is 5.75 Å². The van der Waals surface area contributed by atoms with Gasteiger partial charge in [-0.15, -0.1) is 0 Å². The number of carbonyl (C=O) groups excluding carboxylic acids is 1. The smallest absolute Gasteiger partial charge is 0.265 e. The number of para-hydroxylation sites is 1. The van der Waals surface area contributed by atoms with Crippen LogP contribution in [0.4, 0.5) is 21.8 Å². The van der Waals surface area contributed by atoms with E-state index in [-0.39, 0.29) is 5.75 Å². The number of rotatable bonds is 6. The Kier molecular flexibility index (Phi) is 6.25. The molecular weight excluding hydrogens is 365 g/mol. The number of nitrogens with one attached hydrogen (secondary N) is 1. The summed E-state index contributed by atoms with van der Waals surface area (Å²) < 4.78 is 24.5.